The first-order valence-corrected chi connectivity index (χ1v) is 18.5. The average molecular weight is 643 g/mol. The first kappa shape index (κ1) is 32.2. The van der Waals surface area contributed by atoms with E-state index in [-0.39, 0.29) is 11.4 Å². The summed E-state index contributed by atoms with van der Waals surface area (Å²) >= 11 is 0. The molecule has 0 radical (unpaired) electrons. The van der Waals surface area contributed by atoms with Crippen molar-refractivity contribution >= 4 is 38.2 Å². The third-order valence-corrected chi connectivity index (χ3v) is 14.2. The third kappa shape index (κ3) is 6.32. The number of hydrogen-bond acceptors (Lipinski definition) is 5. The Labute approximate surface area is 261 Å². The van der Waals surface area contributed by atoms with Crippen molar-refractivity contribution in [3.63, 3.8) is 0 Å². The zero-order valence-corrected chi connectivity index (χ0v) is 27.2. The van der Waals surface area contributed by atoms with Crippen LogP contribution in [0.2, 0.25) is 0 Å². The fourth-order valence-corrected chi connectivity index (χ4v) is 11.2. The normalized spacial score (nSPS) is 24.2. The van der Waals surface area contributed by atoms with Crippen molar-refractivity contribution in [1.29, 1.82) is 10.8 Å². The number of hydrogen-bond donors (Lipinski definition) is 3. The van der Waals surface area contributed by atoms with Gasteiger partial charge >= 0.3 is 6.18 Å². The fraction of sp³-hybridized carbons (Fsp3) is 0.394. The highest BCUT2D eigenvalue weighted by atomic mass is 32.3. The van der Waals surface area contributed by atoms with Gasteiger partial charge < -0.3 is 5.32 Å². The lowest BCUT2D eigenvalue weighted by atomic mass is 9.86. The topological polar surface area (TPSA) is 80.8 Å². The number of fused-ring (bicyclic) bond motifs is 6. The van der Waals surface area contributed by atoms with E-state index < -0.39 is 32.7 Å². The van der Waals surface area contributed by atoms with Crippen LogP contribution in [0.4, 0.5) is 19.0 Å². The molecule has 0 saturated carbocycles. The van der Waals surface area contributed by atoms with E-state index in [1.165, 1.54) is 16.7 Å². The van der Waals surface area contributed by atoms with Gasteiger partial charge in [0.2, 0.25) is 5.84 Å². The molecule has 4 heterocycles. The van der Waals surface area contributed by atoms with Crippen LogP contribution in [0, 0.1) is 24.7 Å². The maximum atomic E-state index is 13.3. The van der Waals surface area contributed by atoms with Crippen molar-refractivity contribution < 1.29 is 13.2 Å². The van der Waals surface area contributed by atoms with E-state index in [4.69, 9.17) is 15.8 Å². The summed E-state index contributed by atoms with van der Waals surface area (Å²) < 4.78 is 43.0. The Morgan fingerprint density at radius 1 is 1.20 bits per heavy atom. The van der Waals surface area contributed by atoms with Crippen LogP contribution in [0.15, 0.2) is 65.2 Å². The number of aryl methyl sites for hydroxylation is 1. The van der Waals surface area contributed by atoms with Crippen LogP contribution in [-0.4, -0.2) is 62.6 Å². The molecule has 4 unspecified atom stereocenters. The summed E-state index contributed by atoms with van der Waals surface area (Å²) in [6.45, 7) is 10.3. The minimum absolute atomic E-state index is 0.188. The van der Waals surface area contributed by atoms with Crippen LogP contribution in [0.3, 0.4) is 0 Å². The number of benzene rings is 1. The molecule has 3 N–H and O–H groups in total. The number of allylic oxidation sites excluding steroid dienone is 1. The number of nitrogens with zero attached hydrogens (tertiary/aromatic N) is 3. The van der Waals surface area contributed by atoms with Gasteiger partial charge in [-0.3, -0.25) is 15.4 Å². The summed E-state index contributed by atoms with van der Waals surface area (Å²) in [6, 6.07) is 10.6. The fourth-order valence-electron chi connectivity index (χ4n) is 6.23. The van der Waals surface area contributed by atoms with Crippen LogP contribution in [0.1, 0.15) is 53.0 Å². The standard InChI is InChI=1S/C33H41F3N6S2/c1-6-9-27(26-12-14-42(30(37)23(26)3)32(38)33(34,35)36)24-10-11-29-25(19-24)21-41-15-17-44(29,5)16-8-7-13-39-31-28(43(41)4)18-22(2)20-40-31/h6,10-12,14,18-20,27,37-38H,1,4,7-9,13,15-17,21H2,2-3,5H3,(H,39,40). The number of pyridine rings is 2. The molecule has 0 fully saturated rings. The molecule has 6 nitrogen and oxygen atoms in total. The summed E-state index contributed by atoms with van der Waals surface area (Å²) in [5, 5.41) is 19.7. The van der Waals surface area contributed by atoms with E-state index >= 15 is 0 Å². The number of aromatic nitrogens is 2. The SMILES string of the molecule is C=CCC(c1ccc2c(c1)CN1CCS2(C)CCCCNc2ncc(C)cc2S1=C)c1ccn(C(=N)C(F)(F)F)c(=N)c1C. The highest BCUT2D eigenvalue weighted by molar-refractivity contribution is 8.33. The maximum absolute atomic E-state index is 13.3. The minimum Gasteiger partial charge on any atom is -0.369 e. The lowest BCUT2D eigenvalue weighted by molar-refractivity contribution is -0.0626. The van der Waals surface area contributed by atoms with Gasteiger partial charge in [-0.05, 0) is 102 Å². The van der Waals surface area contributed by atoms with Gasteiger partial charge in [-0.1, -0.05) is 34.7 Å². The summed E-state index contributed by atoms with van der Waals surface area (Å²) in [5.74, 6) is 6.07. The molecule has 3 aromatic rings. The summed E-state index contributed by atoms with van der Waals surface area (Å²) in [4.78, 5) is 7.29. The quantitative estimate of drug-likeness (QED) is 0.119. The number of nitrogens with one attached hydrogen (secondary N) is 3. The van der Waals surface area contributed by atoms with E-state index in [0.29, 0.717) is 16.6 Å². The Hall–Kier alpha value is -3.15. The Kier molecular flexibility index (Phi) is 9.30. The lowest BCUT2D eigenvalue weighted by Gasteiger charge is -2.37. The first-order valence-electron chi connectivity index (χ1n) is 14.7. The zero-order valence-electron chi connectivity index (χ0n) is 25.6. The number of halogens is 3. The van der Waals surface area contributed by atoms with Crippen molar-refractivity contribution in [2.45, 2.75) is 61.5 Å². The van der Waals surface area contributed by atoms with Crippen molar-refractivity contribution in [3.8, 4) is 0 Å². The van der Waals surface area contributed by atoms with Gasteiger partial charge in [0, 0.05) is 37.9 Å². The summed E-state index contributed by atoms with van der Waals surface area (Å²) in [6.07, 6.45) is 5.29. The van der Waals surface area contributed by atoms with E-state index in [2.05, 4.69) is 59.5 Å². The molecule has 2 aliphatic heterocycles. The zero-order chi connectivity index (χ0) is 31.8. The predicted octanol–water partition coefficient (Wildman–Crippen LogP) is 7.56. The average Bonchev–Trinajstić information content (AvgIpc) is 3.12. The Morgan fingerprint density at radius 3 is 2.70 bits per heavy atom. The molecule has 236 valence electrons. The molecular formula is C33H41F3N6S2. The summed E-state index contributed by atoms with van der Waals surface area (Å²) in [5.41, 5.74) is 4.29. The highest BCUT2D eigenvalue weighted by Crippen LogP contribution is 2.57. The molecule has 0 spiro atoms. The highest BCUT2D eigenvalue weighted by Gasteiger charge is 2.37. The van der Waals surface area contributed by atoms with Crippen LogP contribution in [0.5, 0.6) is 0 Å². The molecule has 0 saturated heterocycles. The van der Waals surface area contributed by atoms with Crippen LogP contribution in [-0.2, 0) is 6.54 Å². The largest absolute Gasteiger partial charge is 0.449 e. The second-order valence-electron chi connectivity index (χ2n) is 11.8. The van der Waals surface area contributed by atoms with Gasteiger partial charge in [0.25, 0.3) is 0 Å². The van der Waals surface area contributed by atoms with E-state index in [9.17, 15) is 13.2 Å². The van der Waals surface area contributed by atoms with Crippen LogP contribution in [0.25, 0.3) is 0 Å². The molecule has 11 heteroatoms. The number of alkyl halides is 3. The van der Waals surface area contributed by atoms with Crippen molar-refractivity contribution in [2.75, 3.05) is 36.2 Å². The van der Waals surface area contributed by atoms with E-state index in [1.54, 1.807) is 13.0 Å². The molecule has 5 rings (SSSR count). The summed E-state index contributed by atoms with van der Waals surface area (Å²) in [7, 11) is -1.53. The molecule has 0 aliphatic carbocycles. The molecule has 2 bridgehead atoms. The Bertz CT molecular complexity index is 1680. The first-order chi connectivity index (χ1) is 20.8. The van der Waals surface area contributed by atoms with Crippen molar-refractivity contribution in [1.82, 2.24) is 13.9 Å². The molecular weight excluding hydrogens is 602 g/mol. The molecule has 1 aromatic carbocycles. The van der Waals surface area contributed by atoms with Crippen molar-refractivity contribution in [3.05, 3.63) is 88.7 Å². The third-order valence-electron chi connectivity index (χ3n) is 8.74. The van der Waals surface area contributed by atoms with E-state index in [0.717, 1.165) is 71.4 Å². The van der Waals surface area contributed by atoms with Gasteiger partial charge in [-0.15, -0.1) is 6.58 Å². The van der Waals surface area contributed by atoms with Crippen LogP contribution >= 0.6 is 20.7 Å². The molecule has 2 aliphatic rings. The van der Waals surface area contributed by atoms with Gasteiger partial charge in [-0.2, -0.15) is 13.2 Å². The minimum atomic E-state index is -4.84. The van der Waals surface area contributed by atoms with Gasteiger partial charge in [0.05, 0.1) is 4.90 Å². The second kappa shape index (κ2) is 12.7. The lowest BCUT2D eigenvalue weighted by Crippen LogP contribution is -2.38. The number of rotatable bonds is 4. The van der Waals surface area contributed by atoms with Gasteiger partial charge in [0.15, 0.2) is 0 Å². The van der Waals surface area contributed by atoms with Crippen LogP contribution < -0.4 is 10.8 Å². The van der Waals surface area contributed by atoms with E-state index in [1.807, 2.05) is 12.3 Å². The smallest absolute Gasteiger partial charge is 0.369 e. The Balaban J connectivity index is 1.60. The van der Waals surface area contributed by atoms with Gasteiger partial charge in [-0.25, -0.2) is 19.3 Å². The number of anilines is 1. The maximum Gasteiger partial charge on any atom is 0.449 e. The molecule has 44 heavy (non-hydrogen) atoms. The Morgan fingerprint density at radius 2 is 1.98 bits per heavy atom. The molecule has 4 atom stereocenters. The monoisotopic (exact) mass is 642 g/mol. The van der Waals surface area contributed by atoms with Gasteiger partial charge in [0.1, 0.15) is 11.3 Å². The second-order valence-corrected chi connectivity index (χ2v) is 17.3. The molecule has 2 aromatic heterocycles. The molecule has 0 amide bonds. The predicted molar refractivity (Wildman–Crippen MR) is 179 cm³/mol. The van der Waals surface area contributed by atoms with Crippen molar-refractivity contribution in [2.24, 2.45) is 0 Å².